The first-order valence-electron chi connectivity index (χ1n) is 9.56. The van der Waals surface area contributed by atoms with E-state index < -0.39 is 0 Å². The molecule has 1 atom stereocenters. The van der Waals surface area contributed by atoms with Crippen LogP contribution in [0.25, 0.3) is 5.57 Å². The molecule has 2 heterocycles. The molecule has 0 saturated heterocycles. The molecule has 1 aliphatic carbocycles. The molecule has 0 amide bonds. The number of pyridine rings is 1. The van der Waals surface area contributed by atoms with Crippen LogP contribution in [-0.2, 0) is 19.4 Å². The van der Waals surface area contributed by atoms with Crippen LogP contribution in [0.5, 0.6) is 0 Å². The summed E-state index contributed by atoms with van der Waals surface area (Å²) in [7, 11) is 0. The standard InChI is InChI=1S/C22H24Cl2N2O/c1-14-19-11-15-4-5-16(23)12-20(15)18(19)8-10-26(14)9-2-3-17-6-7-21(24)22(13-27)25-17/h4-7,12,14,27H,2-3,8-11,13H2,1H3. The summed E-state index contributed by atoms with van der Waals surface area (Å²) in [5.41, 5.74) is 7.42. The van der Waals surface area contributed by atoms with Gasteiger partial charge in [-0.25, -0.2) is 0 Å². The van der Waals surface area contributed by atoms with E-state index >= 15 is 0 Å². The molecule has 2 aromatic rings. The first-order chi connectivity index (χ1) is 13.1. The Morgan fingerprint density at radius 3 is 2.89 bits per heavy atom. The molecule has 1 aromatic heterocycles. The number of aryl methyl sites for hydroxylation is 1. The van der Waals surface area contributed by atoms with E-state index in [2.05, 4.69) is 28.9 Å². The average Bonchev–Trinajstić information content (AvgIpc) is 3.03. The Labute approximate surface area is 170 Å². The topological polar surface area (TPSA) is 36.4 Å². The Bertz CT molecular complexity index is 894. The number of hydrogen-bond donors (Lipinski definition) is 1. The van der Waals surface area contributed by atoms with Crippen LogP contribution in [0.1, 0.15) is 42.3 Å². The third-order valence-corrected chi connectivity index (χ3v) is 6.45. The van der Waals surface area contributed by atoms with E-state index in [9.17, 15) is 5.11 Å². The zero-order chi connectivity index (χ0) is 19.0. The van der Waals surface area contributed by atoms with Crippen LogP contribution in [-0.4, -0.2) is 34.1 Å². The molecule has 0 bridgehead atoms. The molecular formula is C22H24Cl2N2O. The third kappa shape index (κ3) is 3.79. The van der Waals surface area contributed by atoms with E-state index in [-0.39, 0.29) is 6.61 Å². The minimum atomic E-state index is -0.114. The second kappa shape index (κ2) is 7.92. The fourth-order valence-electron chi connectivity index (χ4n) is 4.38. The largest absolute Gasteiger partial charge is 0.390 e. The Balaban J connectivity index is 1.39. The van der Waals surface area contributed by atoms with Crippen molar-refractivity contribution in [2.75, 3.05) is 13.1 Å². The zero-order valence-corrected chi connectivity index (χ0v) is 17.0. The highest BCUT2D eigenvalue weighted by atomic mass is 35.5. The second-order valence-electron chi connectivity index (χ2n) is 7.44. The van der Waals surface area contributed by atoms with Crippen molar-refractivity contribution in [1.82, 2.24) is 9.88 Å². The number of benzene rings is 1. The van der Waals surface area contributed by atoms with Crippen LogP contribution in [0, 0.1) is 0 Å². The Hall–Kier alpha value is -1.39. The molecule has 1 unspecified atom stereocenters. The fraction of sp³-hybridized carbons (Fsp3) is 0.409. The maximum atomic E-state index is 9.32. The monoisotopic (exact) mass is 402 g/mol. The molecule has 4 rings (SSSR count). The number of nitrogens with zero attached hydrogens (tertiary/aromatic N) is 2. The van der Waals surface area contributed by atoms with E-state index in [1.807, 2.05) is 18.2 Å². The zero-order valence-electron chi connectivity index (χ0n) is 15.5. The molecule has 3 nitrogen and oxygen atoms in total. The van der Waals surface area contributed by atoms with Gasteiger partial charge in [-0.15, -0.1) is 0 Å². The Morgan fingerprint density at radius 2 is 2.07 bits per heavy atom. The summed E-state index contributed by atoms with van der Waals surface area (Å²) in [6.45, 7) is 4.35. The summed E-state index contributed by atoms with van der Waals surface area (Å²) in [5, 5.41) is 10.7. The predicted molar refractivity (Wildman–Crippen MR) is 111 cm³/mol. The highest BCUT2D eigenvalue weighted by Gasteiger charge is 2.31. The minimum absolute atomic E-state index is 0.114. The molecular weight excluding hydrogens is 379 g/mol. The van der Waals surface area contributed by atoms with Crippen molar-refractivity contribution >= 4 is 28.8 Å². The van der Waals surface area contributed by atoms with E-state index in [4.69, 9.17) is 23.2 Å². The number of aromatic nitrogens is 1. The Kier molecular flexibility index (Phi) is 5.56. The van der Waals surface area contributed by atoms with Gasteiger partial charge in [0, 0.05) is 23.3 Å². The van der Waals surface area contributed by atoms with Gasteiger partial charge in [-0.2, -0.15) is 0 Å². The molecule has 1 aliphatic heterocycles. The van der Waals surface area contributed by atoms with Crippen molar-refractivity contribution in [3.05, 3.63) is 68.5 Å². The van der Waals surface area contributed by atoms with Crippen LogP contribution in [0.2, 0.25) is 10.0 Å². The summed E-state index contributed by atoms with van der Waals surface area (Å²) in [6, 6.07) is 10.6. The van der Waals surface area contributed by atoms with Gasteiger partial charge < -0.3 is 5.11 Å². The molecule has 1 aromatic carbocycles. The van der Waals surface area contributed by atoms with Gasteiger partial charge in [0.05, 0.1) is 17.3 Å². The fourth-order valence-corrected chi connectivity index (χ4v) is 4.72. The molecule has 5 heteroatoms. The van der Waals surface area contributed by atoms with Gasteiger partial charge >= 0.3 is 0 Å². The molecule has 0 radical (unpaired) electrons. The summed E-state index contributed by atoms with van der Waals surface area (Å²) < 4.78 is 0. The smallest absolute Gasteiger partial charge is 0.0868 e. The summed E-state index contributed by atoms with van der Waals surface area (Å²) >= 11 is 12.2. The average molecular weight is 403 g/mol. The lowest BCUT2D eigenvalue weighted by atomic mass is 9.93. The number of hydrogen-bond acceptors (Lipinski definition) is 3. The van der Waals surface area contributed by atoms with Gasteiger partial charge in [0.25, 0.3) is 0 Å². The number of halogens is 2. The van der Waals surface area contributed by atoms with Gasteiger partial charge in [-0.1, -0.05) is 29.3 Å². The maximum absolute atomic E-state index is 9.32. The lowest BCUT2D eigenvalue weighted by molar-refractivity contribution is 0.225. The van der Waals surface area contributed by atoms with E-state index in [0.29, 0.717) is 16.8 Å². The summed E-state index contributed by atoms with van der Waals surface area (Å²) in [5.74, 6) is 0. The summed E-state index contributed by atoms with van der Waals surface area (Å²) in [4.78, 5) is 7.04. The first-order valence-corrected chi connectivity index (χ1v) is 10.3. The van der Waals surface area contributed by atoms with Crippen molar-refractivity contribution in [3.63, 3.8) is 0 Å². The molecule has 0 fully saturated rings. The number of aliphatic hydroxyl groups is 1. The van der Waals surface area contributed by atoms with Crippen LogP contribution in [0.4, 0.5) is 0 Å². The van der Waals surface area contributed by atoms with Crippen molar-refractivity contribution in [1.29, 1.82) is 0 Å². The maximum Gasteiger partial charge on any atom is 0.0868 e. The molecule has 27 heavy (non-hydrogen) atoms. The van der Waals surface area contributed by atoms with Gasteiger partial charge in [0.1, 0.15) is 0 Å². The lowest BCUT2D eigenvalue weighted by Crippen LogP contribution is -2.39. The van der Waals surface area contributed by atoms with Gasteiger partial charge in [0.15, 0.2) is 0 Å². The molecule has 0 saturated carbocycles. The van der Waals surface area contributed by atoms with Gasteiger partial charge in [-0.3, -0.25) is 9.88 Å². The van der Waals surface area contributed by atoms with Crippen LogP contribution >= 0.6 is 23.2 Å². The van der Waals surface area contributed by atoms with E-state index in [1.54, 1.807) is 5.57 Å². The SMILES string of the molecule is CC1C2=C(CCN1CCCc1ccc(Cl)c(CO)n1)c1cc(Cl)ccc1C2. The van der Waals surface area contributed by atoms with Crippen molar-refractivity contribution in [2.24, 2.45) is 0 Å². The van der Waals surface area contributed by atoms with E-state index in [0.717, 1.165) is 49.5 Å². The van der Waals surface area contributed by atoms with Crippen LogP contribution in [0.15, 0.2) is 35.9 Å². The number of fused-ring (bicyclic) bond motifs is 2. The van der Waals surface area contributed by atoms with Crippen LogP contribution in [0.3, 0.4) is 0 Å². The number of aliphatic hydroxyl groups excluding tert-OH is 1. The van der Waals surface area contributed by atoms with Crippen molar-refractivity contribution in [3.8, 4) is 0 Å². The second-order valence-corrected chi connectivity index (χ2v) is 8.28. The van der Waals surface area contributed by atoms with Gasteiger partial charge in [-0.05, 0) is 85.7 Å². The number of rotatable bonds is 5. The van der Waals surface area contributed by atoms with Gasteiger partial charge in [0.2, 0.25) is 0 Å². The molecule has 142 valence electrons. The molecule has 1 N–H and O–H groups in total. The lowest BCUT2D eigenvalue weighted by Gasteiger charge is -2.35. The highest BCUT2D eigenvalue weighted by Crippen LogP contribution is 2.41. The highest BCUT2D eigenvalue weighted by molar-refractivity contribution is 6.31. The quantitative estimate of drug-likeness (QED) is 0.770. The van der Waals surface area contributed by atoms with E-state index in [1.165, 1.54) is 16.7 Å². The first kappa shape index (κ1) is 18.9. The molecule has 2 aliphatic rings. The van der Waals surface area contributed by atoms with Crippen molar-refractivity contribution in [2.45, 2.75) is 45.3 Å². The Morgan fingerprint density at radius 1 is 1.22 bits per heavy atom. The normalized spacial score (nSPS) is 19.3. The third-order valence-electron chi connectivity index (χ3n) is 5.87. The summed E-state index contributed by atoms with van der Waals surface area (Å²) in [6.07, 6.45) is 4.10. The van der Waals surface area contributed by atoms with Crippen molar-refractivity contribution < 1.29 is 5.11 Å². The predicted octanol–water partition coefficient (Wildman–Crippen LogP) is 4.92. The van der Waals surface area contributed by atoms with Crippen LogP contribution < -0.4 is 0 Å². The molecule has 0 spiro atoms. The minimum Gasteiger partial charge on any atom is -0.390 e.